The average Bonchev–Trinajstić information content (AvgIpc) is 2.32. The largest absolute Gasteiger partial charge is 0.376 e. The predicted octanol–water partition coefficient (Wildman–Crippen LogP) is 2.70. The number of hydrogen-bond donors (Lipinski definition) is 1. The summed E-state index contributed by atoms with van der Waals surface area (Å²) >= 11 is 0. The summed E-state index contributed by atoms with van der Waals surface area (Å²) in [5.74, 6) is -0.229. The predicted molar refractivity (Wildman–Crippen MR) is 61.7 cm³/mol. The van der Waals surface area contributed by atoms with E-state index in [2.05, 4.69) is 0 Å². The van der Waals surface area contributed by atoms with Crippen LogP contribution in [0.3, 0.4) is 0 Å². The zero-order valence-corrected chi connectivity index (χ0v) is 9.58. The lowest BCUT2D eigenvalue weighted by Crippen LogP contribution is -2.32. The summed E-state index contributed by atoms with van der Waals surface area (Å²) < 4.78 is 19.2. The molecule has 2 atom stereocenters. The highest BCUT2D eigenvalue weighted by molar-refractivity contribution is 5.27. The van der Waals surface area contributed by atoms with Crippen LogP contribution in [0.4, 0.5) is 4.39 Å². The minimum Gasteiger partial charge on any atom is -0.376 e. The lowest BCUT2D eigenvalue weighted by Gasteiger charge is -2.28. The second-order valence-corrected chi connectivity index (χ2v) is 4.46. The van der Waals surface area contributed by atoms with Crippen LogP contribution >= 0.6 is 0 Å². The molecular weight excluding hydrogens is 205 g/mol. The molecular formula is C13H18FNO. The van der Waals surface area contributed by atoms with Crippen molar-refractivity contribution in [2.24, 2.45) is 5.73 Å². The Hall–Kier alpha value is -0.930. The molecule has 1 heterocycles. The molecule has 0 saturated carbocycles. The van der Waals surface area contributed by atoms with Crippen LogP contribution < -0.4 is 5.73 Å². The lowest BCUT2D eigenvalue weighted by atomic mass is 9.95. The fraction of sp³-hybridized carbons (Fsp3) is 0.538. The maximum absolute atomic E-state index is 13.6. The summed E-state index contributed by atoms with van der Waals surface area (Å²) in [6, 6.07) is 4.71. The molecule has 2 rings (SSSR count). The van der Waals surface area contributed by atoms with Crippen molar-refractivity contribution in [2.45, 2.75) is 38.3 Å². The first kappa shape index (κ1) is 11.6. The second kappa shape index (κ2) is 4.93. The molecule has 2 N–H and O–H groups in total. The van der Waals surface area contributed by atoms with Crippen molar-refractivity contribution in [3.63, 3.8) is 0 Å². The van der Waals surface area contributed by atoms with Crippen LogP contribution in [-0.4, -0.2) is 12.7 Å². The summed E-state index contributed by atoms with van der Waals surface area (Å²) in [4.78, 5) is 0. The molecule has 1 aromatic rings. The Morgan fingerprint density at radius 3 is 2.94 bits per heavy atom. The first-order chi connectivity index (χ1) is 7.68. The summed E-state index contributed by atoms with van der Waals surface area (Å²) in [5, 5.41) is 0. The van der Waals surface area contributed by atoms with Crippen LogP contribution in [0, 0.1) is 12.7 Å². The van der Waals surface area contributed by atoms with Crippen LogP contribution in [-0.2, 0) is 4.74 Å². The van der Waals surface area contributed by atoms with E-state index in [4.69, 9.17) is 10.5 Å². The maximum atomic E-state index is 13.6. The SMILES string of the molecule is Cc1ccc(F)c(C(N)C2CCCCO2)c1. The molecule has 1 aliphatic rings. The van der Waals surface area contributed by atoms with E-state index in [9.17, 15) is 4.39 Å². The average molecular weight is 223 g/mol. The van der Waals surface area contributed by atoms with Crippen molar-refractivity contribution in [2.75, 3.05) is 6.61 Å². The van der Waals surface area contributed by atoms with Crippen molar-refractivity contribution < 1.29 is 9.13 Å². The van der Waals surface area contributed by atoms with E-state index in [0.29, 0.717) is 5.56 Å². The maximum Gasteiger partial charge on any atom is 0.128 e. The fourth-order valence-electron chi connectivity index (χ4n) is 2.17. The second-order valence-electron chi connectivity index (χ2n) is 4.46. The van der Waals surface area contributed by atoms with Gasteiger partial charge in [-0.2, -0.15) is 0 Å². The Bertz CT molecular complexity index is 361. The number of hydrogen-bond acceptors (Lipinski definition) is 2. The topological polar surface area (TPSA) is 35.2 Å². The van der Waals surface area contributed by atoms with E-state index < -0.39 is 0 Å². The molecule has 0 radical (unpaired) electrons. The molecule has 0 amide bonds. The lowest BCUT2D eigenvalue weighted by molar-refractivity contribution is -0.000625. The number of nitrogens with two attached hydrogens (primary N) is 1. The normalized spacial score (nSPS) is 23.1. The smallest absolute Gasteiger partial charge is 0.128 e. The summed E-state index contributed by atoms with van der Waals surface area (Å²) in [6.45, 7) is 2.68. The summed E-state index contributed by atoms with van der Waals surface area (Å²) in [5.41, 5.74) is 7.68. The zero-order chi connectivity index (χ0) is 11.5. The van der Waals surface area contributed by atoms with Gasteiger partial charge >= 0.3 is 0 Å². The van der Waals surface area contributed by atoms with Crippen molar-refractivity contribution in [1.29, 1.82) is 0 Å². The number of ether oxygens (including phenoxy) is 1. The molecule has 1 aromatic carbocycles. The van der Waals surface area contributed by atoms with Gasteiger partial charge in [0.15, 0.2) is 0 Å². The molecule has 2 unspecified atom stereocenters. The molecule has 2 nitrogen and oxygen atoms in total. The van der Waals surface area contributed by atoms with Crippen molar-refractivity contribution >= 4 is 0 Å². The number of halogens is 1. The first-order valence-corrected chi connectivity index (χ1v) is 5.81. The Morgan fingerprint density at radius 1 is 1.44 bits per heavy atom. The van der Waals surface area contributed by atoms with Crippen LogP contribution in [0.5, 0.6) is 0 Å². The van der Waals surface area contributed by atoms with Gasteiger partial charge in [-0.25, -0.2) is 4.39 Å². The van der Waals surface area contributed by atoms with Crippen LogP contribution in [0.15, 0.2) is 18.2 Å². The highest BCUT2D eigenvalue weighted by Crippen LogP contribution is 2.26. The quantitative estimate of drug-likeness (QED) is 0.836. The van der Waals surface area contributed by atoms with Crippen LogP contribution in [0.25, 0.3) is 0 Å². The third-order valence-corrected chi connectivity index (χ3v) is 3.13. The van der Waals surface area contributed by atoms with E-state index in [0.717, 1.165) is 31.4 Å². The summed E-state index contributed by atoms with van der Waals surface area (Å²) in [6.07, 6.45) is 3.09. The number of benzene rings is 1. The molecule has 1 fully saturated rings. The first-order valence-electron chi connectivity index (χ1n) is 5.81. The molecule has 16 heavy (non-hydrogen) atoms. The molecule has 1 saturated heterocycles. The number of rotatable bonds is 2. The van der Waals surface area contributed by atoms with Gasteiger partial charge in [0.05, 0.1) is 12.1 Å². The molecule has 1 aliphatic heterocycles. The van der Waals surface area contributed by atoms with Crippen molar-refractivity contribution in [3.8, 4) is 0 Å². The van der Waals surface area contributed by atoms with E-state index >= 15 is 0 Å². The van der Waals surface area contributed by atoms with E-state index in [1.165, 1.54) is 6.07 Å². The van der Waals surface area contributed by atoms with Crippen molar-refractivity contribution in [3.05, 3.63) is 35.1 Å². The monoisotopic (exact) mass is 223 g/mol. The van der Waals surface area contributed by atoms with Gasteiger partial charge in [-0.3, -0.25) is 0 Å². The molecule has 0 aromatic heterocycles. The highest BCUT2D eigenvalue weighted by atomic mass is 19.1. The molecule has 0 bridgehead atoms. The number of aryl methyl sites for hydroxylation is 1. The molecule has 0 spiro atoms. The zero-order valence-electron chi connectivity index (χ0n) is 9.58. The highest BCUT2D eigenvalue weighted by Gasteiger charge is 2.24. The molecule has 88 valence electrons. The third-order valence-electron chi connectivity index (χ3n) is 3.13. The van der Waals surface area contributed by atoms with Gasteiger partial charge < -0.3 is 10.5 Å². The fourth-order valence-corrected chi connectivity index (χ4v) is 2.17. The standard InChI is InChI=1S/C13H18FNO/c1-9-5-6-11(14)10(8-9)13(15)12-4-2-3-7-16-12/h5-6,8,12-13H,2-4,7,15H2,1H3. The van der Waals surface area contributed by atoms with Gasteiger partial charge in [-0.15, -0.1) is 0 Å². The minimum atomic E-state index is -0.347. The Morgan fingerprint density at radius 2 is 2.25 bits per heavy atom. The van der Waals surface area contributed by atoms with Crippen LogP contribution in [0.1, 0.15) is 36.4 Å². The van der Waals surface area contributed by atoms with Gasteiger partial charge in [-0.05, 0) is 32.3 Å². The van der Waals surface area contributed by atoms with E-state index in [-0.39, 0.29) is 18.0 Å². The molecule has 3 heteroatoms. The van der Waals surface area contributed by atoms with Gasteiger partial charge in [0.2, 0.25) is 0 Å². The minimum absolute atomic E-state index is 0.0370. The van der Waals surface area contributed by atoms with Gasteiger partial charge in [-0.1, -0.05) is 17.7 Å². The van der Waals surface area contributed by atoms with Crippen molar-refractivity contribution in [1.82, 2.24) is 0 Å². The van der Waals surface area contributed by atoms with Gasteiger partial charge in [0, 0.05) is 12.2 Å². The Labute approximate surface area is 95.6 Å². The van der Waals surface area contributed by atoms with Gasteiger partial charge in [0.25, 0.3) is 0 Å². The third kappa shape index (κ3) is 2.42. The van der Waals surface area contributed by atoms with Gasteiger partial charge in [0.1, 0.15) is 5.82 Å². The summed E-state index contributed by atoms with van der Waals surface area (Å²) in [7, 11) is 0. The Kier molecular flexibility index (Phi) is 3.56. The Balaban J connectivity index is 2.18. The molecule has 0 aliphatic carbocycles. The van der Waals surface area contributed by atoms with Crippen LogP contribution in [0.2, 0.25) is 0 Å². The van der Waals surface area contributed by atoms with E-state index in [1.807, 2.05) is 13.0 Å². The van der Waals surface area contributed by atoms with E-state index in [1.54, 1.807) is 6.07 Å².